The third kappa shape index (κ3) is 3.62. The van der Waals surface area contributed by atoms with Crippen molar-refractivity contribution in [2.45, 2.75) is 27.3 Å². The monoisotopic (exact) mass is 260 g/mol. The summed E-state index contributed by atoms with van der Waals surface area (Å²) in [6.07, 6.45) is 0. The van der Waals surface area contributed by atoms with Crippen molar-refractivity contribution in [1.82, 2.24) is 9.72 Å². The summed E-state index contributed by atoms with van der Waals surface area (Å²) in [5.74, 6) is 0.400. The van der Waals surface area contributed by atoms with Gasteiger partial charge in [-0.05, 0) is 20.8 Å². The fourth-order valence-corrected chi connectivity index (χ4v) is 2.22. The van der Waals surface area contributed by atoms with Crippen molar-refractivity contribution in [2.24, 2.45) is 5.41 Å². The summed E-state index contributed by atoms with van der Waals surface area (Å²) in [5.41, 5.74) is -0.751. The number of aliphatic carboxylic acids is 1. The maximum Gasteiger partial charge on any atom is 0.441 e. The van der Waals surface area contributed by atoms with Crippen molar-refractivity contribution in [3.63, 3.8) is 0 Å². The fraction of sp³-hybridized carbons (Fsp3) is 0.700. The Kier molecular flexibility index (Phi) is 4.39. The van der Waals surface area contributed by atoms with Crippen LogP contribution in [0.3, 0.4) is 0 Å². The standard InChI is InChI=1S/C10H16N2O4S/c1-7-11-16-9(15)12(7)4-5-17-6-10(2,3)8(13)14/h4-6H2,1-3H3,(H,13,14). The summed E-state index contributed by atoms with van der Waals surface area (Å²) >= 11 is 1.49. The van der Waals surface area contributed by atoms with Gasteiger partial charge in [0, 0.05) is 18.1 Å². The zero-order chi connectivity index (χ0) is 13.1. The van der Waals surface area contributed by atoms with Gasteiger partial charge >= 0.3 is 11.7 Å². The zero-order valence-electron chi connectivity index (χ0n) is 10.1. The molecular formula is C10H16N2O4S. The molecular weight excluding hydrogens is 244 g/mol. The lowest BCUT2D eigenvalue weighted by atomic mass is 9.97. The minimum absolute atomic E-state index is 0.472. The van der Waals surface area contributed by atoms with Gasteiger partial charge in [0.1, 0.15) is 0 Å². The molecule has 0 aromatic carbocycles. The van der Waals surface area contributed by atoms with Gasteiger partial charge in [-0.2, -0.15) is 11.8 Å². The van der Waals surface area contributed by atoms with E-state index < -0.39 is 17.1 Å². The number of carbonyl (C=O) groups is 1. The molecule has 0 aliphatic heterocycles. The van der Waals surface area contributed by atoms with E-state index in [4.69, 9.17) is 5.11 Å². The second-order valence-electron chi connectivity index (χ2n) is 4.39. The summed E-state index contributed by atoms with van der Waals surface area (Å²) in [5, 5.41) is 12.5. The highest BCUT2D eigenvalue weighted by Crippen LogP contribution is 2.21. The highest BCUT2D eigenvalue weighted by Gasteiger charge is 2.26. The number of hydrogen-bond donors (Lipinski definition) is 1. The lowest BCUT2D eigenvalue weighted by Gasteiger charge is -2.18. The van der Waals surface area contributed by atoms with Crippen LogP contribution < -0.4 is 5.76 Å². The van der Waals surface area contributed by atoms with Crippen LogP contribution >= 0.6 is 11.8 Å². The Bertz CT molecular complexity index is 449. The maximum absolute atomic E-state index is 11.2. The van der Waals surface area contributed by atoms with Crippen LogP contribution in [0.1, 0.15) is 19.7 Å². The molecule has 17 heavy (non-hydrogen) atoms. The van der Waals surface area contributed by atoms with Gasteiger partial charge in [0.25, 0.3) is 0 Å². The van der Waals surface area contributed by atoms with Gasteiger partial charge in [-0.3, -0.25) is 13.9 Å². The molecule has 0 unspecified atom stereocenters. The summed E-state index contributed by atoms with van der Waals surface area (Å²) in [6, 6.07) is 0. The molecule has 1 heterocycles. The van der Waals surface area contributed by atoms with E-state index in [9.17, 15) is 9.59 Å². The molecule has 1 aromatic rings. The number of rotatable bonds is 6. The normalized spacial score (nSPS) is 11.7. The van der Waals surface area contributed by atoms with E-state index >= 15 is 0 Å². The molecule has 96 valence electrons. The molecule has 1 aromatic heterocycles. The first-order valence-corrected chi connectivity index (χ1v) is 6.34. The first kappa shape index (κ1) is 13.8. The third-order valence-corrected chi connectivity index (χ3v) is 3.77. The molecule has 7 heteroatoms. The zero-order valence-corrected chi connectivity index (χ0v) is 10.9. The van der Waals surface area contributed by atoms with Crippen molar-refractivity contribution in [3.8, 4) is 0 Å². The van der Waals surface area contributed by atoms with Gasteiger partial charge in [-0.25, -0.2) is 4.79 Å². The van der Waals surface area contributed by atoms with Crippen LogP contribution in [0.15, 0.2) is 9.32 Å². The number of thioether (sulfide) groups is 1. The smallest absolute Gasteiger partial charge is 0.441 e. The van der Waals surface area contributed by atoms with Crippen molar-refractivity contribution < 1.29 is 14.4 Å². The highest BCUT2D eigenvalue weighted by molar-refractivity contribution is 7.99. The lowest BCUT2D eigenvalue weighted by molar-refractivity contribution is -0.145. The number of hydrogen-bond acceptors (Lipinski definition) is 5. The minimum atomic E-state index is -0.816. The van der Waals surface area contributed by atoms with Crippen molar-refractivity contribution >= 4 is 17.7 Å². The molecule has 0 fully saturated rings. The van der Waals surface area contributed by atoms with Crippen LogP contribution in [0.2, 0.25) is 0 Å². The van der Waals surface area contributed by atoms with Crippen LogP contribution in [0, 0.1) is 12.3 Å². The Morgan fingerprint density at radius 1 is 1.59 bits per heavy atom. The third-order valence-electron chi connectivity index (χ3n) is 2.37. The van der Waals surface area contributed by atoms with Crippen LogP contribution in [0.5, 0.6) is 0 Å². The molecule has 0 amide bonds. The van der Waals surface area contributed by atoms with Crippen molar-refractivity contribution in [3.05, 3.63) is 16.4 Å². The van der Waals surface area contributed by atoms with E-state index in [0.29, 0.717) is 23.9 Å². The molecule has 0 radical (unpaired) electrons. The number of carboxylic acids is 1. The van der Waals surface area contributed by atoms with Crippen molar-refractivity contribution in [2.75, 3.05) is 11.5 Å². The largest absolute Gasteiger partial charge is 0.481 e. The van der Waals surface area contributed by atoms with Gasteiger partial charge < -0.3 is 5.11 Å². The van der Waals surface area contributed by atoms with Crippen LogP contribution in [0.4, 0.5) is 0 Å². The predicted octanol–water partition coefficient (Wildman–Crippen LogP) is 0.989. The molecule has 0 aliphatic carbocycles. The van der Waals surface area contributed by atoms with Crippen LogP contribution in [0.25, 0.3) is 0 Å². The molecule has 0 saturated carbocycles. The molecule has 6 nitrogen and oxygen atoms in total. The maximum atomic E-state index is 11.2. The van der Waals surface area contributed by atoms with Gasteiger partial charge in [0.2, 0.25) is 0 Å². The quantitative estimate of drug-likeness (QED) is 0.768. The number of carboxylic acid groups (broad SMARTS) is 1. The fourth-order valence-electron chi connectivity index (χ4n) is 1.13. The first-order chi connectivity index (χ1) is 7.84. The van der Waals surface area contributed by atoms with E-state index in [1.165, 1.54) is 16.3 Å². The SMILES string of the molecule is Cc1noc(=O)n1CCSCC(C)(C)C(=O)O. The van der Waals surface area contributed by atoms with Gasteiger partial charge in [0.05, 0.1) is 5.41 Å². The molecule has 0 spiro atoms. The van der Waals surface area contributed by atoms with E-state index in [-0.39, 0.29) is 0 Å². The van der Waals surface area contributed by atoms with Gasteiger partial charge in [-0.1, -0.05) is 5.16 Å². The van der Waals surface area contributed by atoms with E-state index in [1.807, 2.05) is 0 Å². The second-order valence-corrected chi connectivity index (χ2v) is 5.49. The summed E-state index contributed by atoms with van der Waals surface area (Å²) in [7, 11) is 0. The molecule has 0 bridgehead atoms. The molecule has 1 rings (SSSR count). The predicted molar refractivity (Wildman–Crippen MR) is 64.2 cm³/mol. The molecule has 1 N–H and O–H groups in total. The van der Waals surface area contributed by atoms with E-state index in [2.05, 4.69) is 9.68 Å². The summed E-state index contributed by atoms with van der Waals surface area (Å²) in [6.45, 7) is 5.53. The average molecular weight is 260 g/mol. The highest BCUT2D eigenvalue weighted by atomic mass is 32.2. The van der Waals surface area contributed by atoms with Gasteiger partial charge in [-0.15, -0.1) is 0 Å². The Balaban J connectivity index is 2.40. The Morgan fingerprint density at radius 3 is 2.71 bits per heavy atom. The summed E-state index contributed by atoms with van der Waals surface area (Å²) in [4.78, 5) is 22.0. The minimum Gasteiger partial charge on any atom is -0.481 e. The number of aromatic nitrogens is 2. The second kappa shape index (κ2) is 5.39. The molecule has 0 saturated heterocycles. The van der Waals surface area contributed by atoms with E-state index in [1.54, 1.807) is 20.8 Å². The Hall–Kier alpha value is -1.24. The van der Waals surface area contributed by atoms with Crippen LogP contribution in [-0.2, 0) is 11.3 Å². The lowest BCUT2D eigenvalue weighted by Crippen LogP contribution is -2.27. The number of aryl methyl sites for hydroxylation is 1. The van der Waals surface area contributed by atoms with Crippen LogP contribution in [-0.4, -0.2) is 32.3 Å². The molecule has 0 aliphatic rings. The van der Waals surface area contributed by atoms with E-state index in [0.717, 1.165) is 0 Å². The first-order valence-electron chi connectivity index (χ1n) is 5.19. The Labute approximate surface area is 103 Å². The average Bonchev–Trinajstić information content (AvgIpc) is 2.54. The topological polar surface area (TPSA) is 85.3 Å². The number of nitrogens with zero attached hydrogens (tertiary/aromatic N) is 2. The van der Waals surface area contributed by atoms with Crippen molar-refractivity contribution in [1.29, 1.82) is 0 Å². The Morgan fingerprint density at radius 2 is 2.24 bits per heavy atom. The van der Waals surface area contributed by atoms with Gasteiger partial charge in [0.15, 0.2) is 5.82 Å². The summed E-state index contributed by atoms with van der Waals surface area (Å²) < 4.78 is 5.92. The molecule has 0 atom stereocenters.